The van der Waals surface area contributed by atoms with Crippen molar-refractivity contribution in [1.82, 2.24) is 0 Å². The van der Waals surface area contributed by atoms with Gasteiger partial charge in [0.25, 0.3) is 0 Å². The van der Waals surface area contributed by atoms with Gasteiger partial charge in [0, 0.05) is 23.1 Å². The molecule has 3 rings (SSSR count). The van der Waals surface area contributed by atoms with Gasteiger partial charge < -0.3 is 14.6 Å². The molecule has 0 saturated carbocycles. The molecule has 1 aliphatic rings. The standard InChI is InChI=1S/C17H17FO3/c1-10-7-11-8-16(20-2)13(9-15(11)21-10)17(19)12-5-3-4-6-14(12)18/h3-6,8-10,17,19H,7H2,1-2H3. The van der Waals surface area contributed by atoms with Crippen LogP contribution in [0.1, 0.15) is 29.7 Å². The molecule has 0 saturated heterocycles. The van der Waals surface area contributed by atoms with Gasteiger partial charge in [-0.15, -0.1) is 0 Å². The van der Waals surface area contributed by atoms with E-state index in [9.17, 15) is 9.50 Å². The van der Waals surface area contributed by atoms with Crippen molar-refractivity contribution in [1.29, 1.82) is 0 Å². The Hall–Kier alpha value is -2.07. The number of ether oxygens (including phenoxy) is 2. The van der Waals surface area contributed by atoms with Crippen molar-refractivity contribution < 1.29 is 19.0 Å². The quantitative estimate of drug-likeness (QED) is 0.942. The number of methoxy groups -OCH3 is 1. The fourth-order valence-electron chi connectivity index (χ4n) is 2.71. The van der Waals surface area contributed by atoms with E-state index in [2.05, 4.69) is 0 Å². The molecule has 0 aliphatic carbocycles. The van der Waals surface area contributed by atoms with Crippen LogP contribution in [0.25, 0.3) is 0 Å². The molecular weight excluding hydrogens is 271 g/mol. The number of aliphatic hydroxyl groups excluding tert-OH is 1. The van der Waals surface area contributed by atoms with E-state index >= 15 is 0 Å². The summed E-state index contributed by atoms with van der Waals surface area (Å²) in [5.41, 5.74) is 1.78. The van der Waals surface area contributed by atoms with Crippen LogP contribution in [0.3, 0.4) is 0 Å². The van der Waals surface area contributed by atoms with Crippen LogP contribution in [-0.2, 0) is 6.42 Å². The molecule has 4 heteroatoms. The number of benzene rings is 2. The first-order valence-corrected chi connectivity index (χ1v) is 6.90. The zero-order valence-electron chi connectivity index (χ0n) is 12.0. The normalized spacial score (nSPS) is 18.0. The number of rotatable bonds is 3. The van der Waals surface area contributed by atoms with Crippen LogP contribution in [0, 0.1) is 5.82 Å². The minimum absolute atomic E-state index is 0.102. The van der Waals surface area contributed by atoms with Gasteiger partial charge in [0.05, 0.1) is 7.11 Å². The van der Waals surface area contributed by atoms with E-state index < -0.39 is 11.9 Å². The SMILES string of the molecule is COc1cc2c(cc1C(O)c1ccccc1F)OC(C)C2. The fourth-order valence-corrected chi connectivity index (χ4v) is 2.71. The van der Waals surface area contributed by atoms with E-state index in [0.717, 1.165) is 17.7 Å². The van der Waals surface area contributed by atoms with Crippen LogP contribution in [0.15, 0.2) is 36.4 Å². The second kappa shape index (κ2) is 5.37. The lowest BCUT2D eigenvalue weighted by Gasteiger charge is -2.17. The van der Waals surface area contributed by atoms with E-state index in [1.54, 1.807) is 31.4 Å². The summed E-state index contributed by atoms with van der Waals surface area (Å²) in [7, 11) is 1.54. The molecule has 0 radical (unpaired) electrons. The van der Waals surface area contributed by atoms with E-state index in [0.29, 0.717) is 11.3 Å². The highest BCUT2D eigenvalue weighted by atomic mass is 19.1. The number of fused-ring (bicyclic) bond motifs is 1. The van der Waals surface area contributed by atoms with Crippen molar-refractivity contribution in [2.24, 2.45) is 0 Å². The van der Waals surface area contributed by atoms with Crippen LogP contribution in [-0.4, -0.2) is 18.3 Å². The summed E-state index contributed by atoms with van der Waals surface area (Å²) in [6, 6.07) is 9.79. The Bertz CT molecular complexity index is 669. The highest BCUT2D eigenvalue weighted by Crippen LogP contribution is 2.39. The highest BCUT2D eigenvalue weighted by Gasteiger charge is 2.25. The first-order valence-electron chi connectivity index (χ1n) is 6.90. The van der Waals surface area contributed by atoms with Crippen molar-refractivity contribution in [2.45, 2.75) is 25.6 Å². The second-order valence-corrected chi connectivity index (χ2v) is 5.26. The Labute approximate surface area is 122 Å². The Morgan fingerprint density at radius 3 is 2.76 bits per heavy atom. The van der Waals surface area contributed by atoms with E-state index in [-0.39, 0.29) is 11.7 Å². The zero-order chi connectivity index (χ0) is 15.0. The molecule has 2 aromatic rings. The van der Waals surface area contributed by atoms with Gasteiger partial charge in [-0.3, -0.25) is 0 Å². The molecule has 3 nitrogen and oxygen atoms in total. The third kappa shape index (κ3) is 2.47. The number of halogens is 1. The Morgan fingerprint density at radius 2 is 2.05 bits per heavy atom. The molecule has 0 aromatic heterocycles. The summed E-state index contributed by atoms with van der Waals surface area (Å²) in [4.78, 5) is 0. The monoisotopic (exact) mass is 288 g/mol. The maximum atomic E-state index is 13.9. The molecule has 21 heavy (non-hydrogen) atoms. The minimum Gasteiger partial charge on any atom is -0.496 e. The van der Waals surface area contributed by atoms with E-state index in [1.165, 1.54) is 6.07 Å². The van der Waals surface area contributed by atoms with Crippen LogP contribution in [0.2, 0.25) is 0 Å². The third-order valence-electron chi connectivity index (χ3n) is 3.74. The summed E-state index contributed by atoms with van der Waals surface area (Å²) in [6.07, 6.45) is -0.182. The molecule has 2 unspecified atom stereocenters. The lowest BCUT2D eigenvalue weighted by molar-refractivity contribution is 0.208. The fraction of sp³-hybridized carbons (Fsp3) is 0.294. The zero-order valence-corrected chi connectivity index (χ0v) is 12.0. The number of aliphatic hydroxyl groups is 1. The maximum absolute atomic E-state index is 13.9. The van der Waals surface area contributed by atoms with Crippen LogP contribution in [0.4, 0.5) is 4.39 Å². The van der Waals surface area contributed by atoms with Crippen molar-refractivity contribution >= 4 is 0 Å². The Kier molecular flexibility index (Phi) is 3.55. The first-order chi connectivity index (χ1) is 10.1. The minimum atomic E-state index is -1.09. The van der Waals surface area contributed by atoms with Gasteiger partial charge in [-0.2, -0.15) is 0 Å². The van der Waals surface area contributed by atoms with Crippen LogP contribution >= 0.6 is 0 Å². The summed E-state index contributed by atoms with van der Waals surface area (Å²) in [5, 5.41) is 10.5. The lowest BCUT2D eigenvalue weighted by atomic mass is 9.97. The molecular formula is C17H17FO3. The number of hydrogen-bond donors (Lipinski definition) is 1. The van der Waals surface area contributed by atoms with Gasteiger partial charge in [0.2, 0.25) is 0 Å². The maximum Gasteiger partial charge on any atom is 0.129 e. The molecule has 2 aromatic carbocycles. The first kappa shape index (κ1) is 13.9. The van der Waals surface area contributed by atoms with Crippen molar-refractivity contribution in [3.8, 4) is 11.5 Å². The molecule has 110 valence electrons. The van der Waals surface area contributed by atoms with Crippen LogP contribution in [0.5, 0.6) is 11.5 Å². The van der Waals surface area contributed by atoms with Crippen LogP contribution < -0.4 is 9.47 Å². The van der Waals surface area contributed by atoms with Crippen molar-refractivity contribution in [2.75, 3.05) is 7.11 Å². The average Bonchev–Trinajstić information content (AvgIpc) is 2.84. The molecule has 1 heterocycles. The largest absolute Gasteiger partial charge is 0.496 e. The van der Waals surface area contributed by atoms with Gasteiger partial charge in [-0.1, -0.05) is 18.2 Å². The Morgan fingerprint density at radius 1 is 1.29 bits per heavy atom. The predicted molar refractivity (Wildman–Crippen MR) is 77.2 cm³/mol. The summed E-state index contributed by atoms with van der Waals surface area (Å²) >= 11 is 0. The molecule has 2 atom stereocenters. The lowest BCUT2D eigenvalue weighted by Crippen LogP contribution is -2.06. The highest BCUT2D eigenvalue weighted by molar-refractivity contribution is 5.51. The van der Waals surface area contributed by atoms with E-state index in [4.69, 9.17) is 9.47 Å². The summed E-state index contributed by atoms with van der Waals surface area (Å²) < 4.78 is 24.9. The molecule has 0 amide bonds. The van der Waals surface area contributed by atoms with Gasteiger partial charge in [0.15, 0.2) is 0 Å². The predicted octanol–water partition coefficient (Wildman–Crippen LogP) is 3.24. The molecule has 1 aliphatic heterocycles. The second-order valence-electron chi connectivity index (χ2n) is 5.26. The van der Waals surface area contributed by atoms with Gasteiger partial charge in [0.1, 0.15) is 29.5 Å². The molecule has 0 bridgehead atoms. The smallest absolute Gasteiger partial charge is 0.129 e. The summed E-state index contributed by atoms with van der Waals surface area (Å²) in [5.74, 6) is 0.831. The third-order valence-corrected chi connectivity index (χ3v) is 3.74. The number of hydrogen-bond acceptors (Lipinski definition) is 3. The van der Waals surface area contributed by atoms with Gasteiger partial charge in [-0.05, 0) is 25.1 Å². The van der Waals surface area contributed by atoms with Gasteiger partial charge in [-0.25, -0.2) is 4.39 Å². The average molecular weight is 288 g/mol. The van der Waals surface area contributed by atoms with E-state index in [1.807, 2.05) is 13.0 Å². The molecule has 0 fully saturated rings. The van der Waals surface area contributed by atoms with Crippen molar-refractivity contribution in [3.05, 3.63) is 58.9 Å². The topological polar surface area (TPSA) is 38.7 Å². The molecule has 1 N–H and O–H groups in total. The summed E-state index contributed by atoms with van der Waals surface area (Å²) in [6.45, 7) is 1.99. The Balaban J connectivity index is 2.06. The van der Waals surface area contributed by atoms with Crippen molar-refractivity contribution in [3.63, 3.8) is 0 Å². The molecule has 0 spiro atoms. The van der Waals surface area contributed by atoms with Gasteiger partial charge >= 0.3 is 0 Å².